The van der Waals surface area contributed by atoms with Gasteiger partial charge in [0.15, 0.2) is 0 Å². The Morgan fingerprint density at radius 3 is 1.96 bits per heavy atom. The van der Waals surface area contributed by atoms with Crippen molar-refractivity contribution in [2.75, 3.05) is 0 Å². The monoisotopic (exact) mass is 637 g/mol. The zero-order valence-electron chi connectivity index (χ0n) is 27.4. The predicted molar refractivity (Wildman–Crippen MR) is 196 cm³/mol. The van der Waals surface area contributed by atoms with Crippen LogP contribution in [0.3, 0.4) is 0 Å². The summed E-state index contributed by atoms with van der Waals surface area (Å²) in [5.74, 6) is -0.155. The van der Waals surface area contributed by atoms with Gasteiger partial charge in [0.1, 0.15) is 16.9 Å². The van der Waals surface area contributed by atoms with E-state index in [9.17, 15) is 4.79 Å². The molecule has 1 N–H and O–H groups in total. The van der Waals surface area contributed by atoms with Crippen LogP contribution in [0.1, 0.15) is 46.3 Å². The molecule has 3 heterocycles. The zero-order chi connectivity index (χ0) is 33.4. The van der Waals surface area contributed by atoms with E-state index >= 15 is 0 Å². The molecular weight excluding hydrogens is 603 g/mol. The molecule has 1 amide bonds. The molecule has 0 unspecified atom stereocenters. The van der Waals surface area contributed by atoms with Gasteiger partial charge in [0, 0.05) is 29.8 Å². The fourth-order valence-corrected chi connectivity index (χ4v) is 7.12. The van der Waals surface area contributed by atoms with Crippen molar-refractivity contribution >= 4 is 28.2 Å². The number of amides is 1. The van der Waals surface area contributed by atoms with Gasteiger partial charge < -0.3 is 5.32 Å². The van der Waals surface area contributed by atoms with Crippen LogP contribution >= 0.6 is 0 Å². The van der Waals surface area contributed by atoms with E-state index in [0.29, 0.717) is 12.1 Å². The van der Waals surface area contributed by atoms with Crippen molar-refractivity contribution in [3.63, 3.8) is 0 Å². The second-order valence-corrected chi connectivity index (χ2v) is 12.6. The van der Waals surface area contributed by atoms with Crippen molar-refractivity contribution in [1.29, 1.82) is 0 Å². The van der Waals surface area contributed by atoms with E-state index in [0.717, 1.165) is 61.2 Å². The second kappa shape index (κ2) is 12.5. The number of hydrogen-bond acceptors (Lipinski definition) is 4. The standard InChI is InChI=1S/C43H35N5O/c1-29-13-12-14-32(25-29)30(2)45-42(49)39-26-33-27-40-37(28-38(33)46-39)41(31-21-23-44-24-22-31)47-48(40)43(34-15-6-3-7-16-34,35-17-8-4-9-18-35)36-19-10-5-11-20-36/h3-25,27-28,30H,26H2,1-2H3,(H,45,49)/t30-/m1/s1. The largest absolute Gasteiger partial charge is 0.344 e. The Balaban J connectivity index is 1.32. The predicted octanol–water partition coefficient (Wildman–Crippen LogP) is 8.75. The van der Waals surface area contributed by atoms with Crippen LogP contribution in [0.4, 0.5) is 5.69 Å². The minimum absolute atomic E-state index is 0.145. The van der Waals surface area contributed by atoms with Crippen molar-refractivity contribution < 1.29 is 4.79 Å². The number of benzene rings is 5. The molecule has 0 fully saturated rings. The van der Waals surface area contributed by atoms with E-state index < -0.39 is 5.54 Å². The molecule has 1 aliphatic rings. The van der Waals surface area contributed by atoms with Gasteiger partial charge in [-0.3, -0.25) is 9.78 Å². The highest BCUT2D eigenvalue weighted by Gasteiger charge is 2.41. The number of aromatic nitrogens is 3. The first-order valence-electron chi connectivity index (χ1n) is 16.6. The van der Waals surface area contributed by atoms with E-state index in [-0.39, 0.29) is 11.9 Å². The molecule has 0 saturated carbocycles. The number of nitrogens with zero attached hydrogens (tertiary/aromatic N) is 4. The van der Waals surface area contributed by atoms with Gasteiger partial charge in [0.2, 0.25) is 0 Å². The molecule has 1 aliphatic heterocycles. The SMILES string of the molecule is Cc1cccc([C@@H](C)NC(=O)C2=Nc3cc4c(-c5ccncc5)nn(C(c5ccccc5)(c5ccccc5)c5ccccc5)c4cc3C2)c1. The molecule has 0 spiro atoms. The van der Waals surface area contributed by atoms with Crippen LogP contribution in [0.2, 0.25) is 0 Å². The zero-order valence-corrected chi connectivity index (χ0v) is 27.4. The molecule has 0 saturated heterocycles. The first kappa shape index (κ1) is 30.2. The first-order valence-corrected chi connectivity index (χ1v) is 16.6. The van der Waals surface area contributed by atoms with Gasteiger partial charge in [0.05, 0.1) is 17.2 Å². The molecular formula is C43H35N5O. The van der Waals surface area contributed by atoms with Gasteiger partial charge in [-0.15, -0.1) is 0 Å². The maximum atomic E-state index is 13.6. The number of rotatable bonds is 8. The fraction of sp³-hybridized carbons (Fsp3) is 0.116. The quantitative estimate of drug-likeness (QED) is 0.169. The summed E-state index contributed by atoms with van der Waals surface area (Å²) < 4.78 is 2.18. The molecule has 0 bridgehead atoms. The van der Waals surface area contributed by atoms with E-state index in [2.05, 4.69) is 119 Å². The number of carbonyl (C=O) groups is 1. The van der Waals surface area contributed by atoms with Crippen LogP contribution < -0.4 is 5.32 Å². The summed E-state index contributed by atoms with van der Waals surface area (Å²) in [5.41, 5.74) is 9.68. The topological polar surface area (TPSA) is 72.2 Å². The van der Waals surface area contributed by atoms with E-state index in [4.69, 9.17) is 10.1 Å². The summed E-state index contributed by atoms with van der Waals surface area (Å²) in [5, 5.41) is 9.63. The average molecular weight is 638 g/mol. The lowest BCUT2D eigenvalue weighted by molar-refractivity contribution is -0.115. The lowest BCUT2D eigenvalue weighted by Crippen LogP contribution is -2.38. The van der Waals surface area contributed by atoms with Gasteiger partial charge in [-0.25, -0.2) is 9.67 Å². The van der Waals surface area contributed by atoms with Crippen LogP contribution in [0.25, 0.3) is 22.2 Å². The molecule has 6 heteroatoms. The van der Waals surface area contributed by atoms with Gasteiger partial charge >= 0.3 is 0 Å². The van der Waals surface area contributed by atoms with E-state index in [1.165, 1.54) is 0 Å². The third-order valence-electron chi connectivity index (χ3n) is 9.49. The maximum absolute atomic E-state index is 13.6. The Hall–Kier alpha value is -6.14. The molecule has 5 aromatic carbocycles. The number of aryl methyl sites for hydroxylation is 1. The van der Waals surface area contributed by atoms with Crippen LogP contribution in [0.15, 0.2) is 157 Å². The van der Waals surface area contributed by atoms with Crippen LogP contribution in [0, 0.1) is 6.92 Å². The van der Waals surface area contributed by atoms with Crippen molar-refractivity contribution in [3.8, 4) is 11.3 Å². The van der Waals surface area contributed by atoms with Crippen molar-refractivity contribution in [2.45, 2.75) is 31.8 Å². The summed E-state index contributed by atoms with van der Waals surface area (Å²) in [6, 6.07) is 48.0. The molecule has 49 heavy (non-hydrogen) atoms. The lowest BCUT2D eigenvalue weighted by Gasteiger charge is -2.37. The van der Waals surface area contributed by atoms with Crippen molar-refractivity contribution in [3.05, 3.63) is 185 Å². The first-order chi connectivity index (χ1) is 24.0. The number of fused-ring (bicyclic) bond motifs is 2. The van der Waals surface area contributed by atoms with Crippen LogP contribution in [-0.4, -0.2) is 26.4 Å². The normalized spacial score (nSPS) is 13.1. The molecule has 238 valence electrons. The van der Waals surface area contributed by atoms with Crippen molar-refractivity contribution in [2.24, 2.45) is 4.99 Å². The summed E-state index contributed by atoms with van der Waals surface area (Å²) in [6.45, 7) is 4.07. The summed E-state index contributed by atoms with van der Waals surface area (Å²) in [7, 11) is 0. The highest BCUT2D eigenvalue weighted by molar-refractivity contribution is 6.41. The number of nitrogens with one attached hydrogen (secondary N) is 1. The molecule has 0 aliphatic carbocycles. The Morgan fingerprint density at radius 2 is 1.37 bits per heavy atom. The second-order valence-electron chi connectivity index (χ2n) is 12.6. The highest BCUT2D eigenvalue weighted by atomic mass is 16.2. The van der Waals surface area contributed by atoms with Gasteiger partial charge in [0.25, 0.3) is 5.91 Å². The van der Waals surface area contributed by atoms with E-state index in [1.54, 1.807) is 12.4 Å². The third-order valence-corrected chi connectivity index (χ3v) is 9.49. The Labute approximate surface area is 285 Å². The Bertz CT molecular complexity index is 2220. The fourth-order valence-electron chi connectivity index (χ4n) is 7.12. The molecule has 8 rings (SSSR count). The number of pyridine rings is 1. The molecule has 6 nitrogen and oxygen atoms in total. The average Bonchev–Trinajstić information content (AvgIpc) is 3.74. The summed E-state index contributed by atoms with van der Waals surface area (Å²) >= 11 is 0. The van der Waals surface area contributed by atoms with Gasteiger partial charge in [-0.2, -0.15) is 5.10 Å². The minimum Gasteiger partial charge on any atom is -0.344 e. The molecule has 0 radical (unpaired) electrons. The lowest BCUT2D eigenvalue weighted by atomic mass is 9.77. The highest BCUT2D eigenvalue weighted by Crippen LogP contribution is 2.45. The minimum atomic E-state index is -0.815. The number of carbonyl (C=O) groups excluding carboxylic acids is 1. The van der Waals surface area contributed by atoms with Crippen LogP contribution in [0.5, 0.6) is 0 Å². The number of hydrogen-bond donors (Lipinski definition) is 1. The van der Waals surface area contributed by atoms with Gasteiger partial charge in [-0.1, -0.05) is 121 Å². The molecule has 7 aromatic rings. The smallest absolute Gasteiger partial charge is 0.266 e. The van der Waals surface area contributed by atoms with Crippen LogP contribution in [-0.2, 0) is 16.8 Å². The summed E-state index contributed by atoms with van der Waals surface area (Å²) in [4.78, 5) is 22.8. The number of aliphatic imine (C=N–C) groups is 1. The van der Waals surface area contributed by atoms with Crippen molar-refractivity contribution in [1.82, 2.24) is 20.1 Å². The molecule has 2 aromatic heterocycles. The maximum Gasteiger partial charge on any atom is 0.266 e. The molecule has 1 atom stereocenters. The van der Waals surface area contributed by atoms with E-state index in [1.807, 2.05) is 49.4 Å². The summed E-state index contributed by atoms with van der Waals surface area (Å²) in [6.07, 6.45) is 4.02. The Morgan fingerprint density at radius 1 is 0.755 bits per heavy atom. The van der Waals surface area contributed by atoms with Gasteiger partial charge in [-0.05, 0) is 65.9 Å². The Kier molecular flexibility index (Phi) is 7.69. The third kappa shape index (κ3) is 5.32.